The Bertz CT molecular complexity index is 551. The van der Waals surface area contributed by atoms with Gasteiger partial charge in [0.15, 0.2) is 0 Å². The number of anilines is 1. The Morgan fingerprint density at radius 2 is 2.00 bits per heavy atom. The minimum atomic E-state index is -0.705. The zero-order valence-electron chi connectivity index (χ0n) is 10.1. The third kappa shape index (κ3) is 1.62. The van der Waals surface area contributed by atoms with Crippen LogP contribution < -0.4 is 10.4 Å². The van der Waals surface area contributed by atoms with Gasteiger partial charge in [-0.25, -0.2) is 0 Å². The molecule has 1 aromatic rings. The Hall–Kier alpha value is -2.37. The maximum Gasteiger partial charge on any atom is 0.294 e. The van der Waals surface area contributed by atoms with Gasteiger partial charge in [0.2, 0.25) is 0 Å². The van der Waals surface area contributed by atoms with E-state index in [0.717, 1.165) is 0 Å². The number of para-hydroxylation sites is 2. The largest absolute Gasteiger partial charge is 0.294 e. The number of nitro groups is 1. The van der Waals surface area contributed by atoms with E-state index in [-0.39, 0.29) is 11.6 Å². The van der Waals surface area contributed by atoms with E-state index in [0.29, 0.717) is 11.3 Å². The summed E-state index contributed by atoms with van der Waals surface area (Å²) in [5, 5.41) is 12.5. The molecule has 18 heavy (non-hydrogen) atoms. The molecule has 0 atom stereocenters. The maximum atomic E-state index is 11.6. The van der Waals surface area contributed by atoms with Crippen LogP contribution in [0.1, 0.15) is 13.8 Å². The third-order valence-corrected chi connectivity index (χ3v) is 3.10. The summed E-state index contributed by atoms with van der Waals surface area (Å²) in [7, 11) is 0. The van der Waals surface area contributed by atoms with Gasteiger partial charge in [-0.05, 0) is 19.9 Å². The monoisotopic (exact) mass is 247 g/mol. The van der Waals surface area contributed by atoms with Crippen LogP contribution in [0.5, 0.6) is 0 Å². The molecule has 0 aliphatic carbocycles. The fourth-order valence-corrected chi connectivity index (χ4v) is 1.89. The zero-order valence-corrected chi connectivity index (χ0v) is 10.1. The lowest BCUT2D eigenvalue weighted by molar-refractivity contribution is -0.384. The molecule has 0 aromatic heterocycles. The second kappa shape index (κ2) is 3.83. The smallest absolute Gasteiger partial charge is 0.268 e. The van der Waals surface area contributed by atoms with Crippen molar-refractivity contribution in [2.45, 2.75) is 19.4 Å². The highest BCUT2D eigenvalue weighted by Crippen LogP contribution is 2.37. The van der Waals surface area contributed by atoms with Crippen LogP contribution in [0.15, 0.2) is 36.4 Å². The summed E-state index contributed by atoms with van der Waals surface area (Å²) in [6.07, 6.45) is 0. The molecule has 2 rings (SSSR count). The lowest BCUT2D eigenvalue weighted by atomic mass is 9.96. The van der Waals surface area contributed by atoms with E-state index in [9.17, 15) is 14.9 Å². The molecular formula is C12H13N3O3. The molecule has 1 aromatic carbocycles. The number of hydrogen-bond acceptors (Lipinski definition) is 4. The van der Waals surface area contributed by atoms with Gasteiger partial charge >= 0.3 is 0 Å². The van der Waals surface area contributed by atoms with E-state index in [4.69, 9.17) is 0 Å². The first-order valence-electron chi connectivity index (χ1n) is 5.39. The highest BCUT2D eigenvalue weighted by molar-refractivity contribution is 6.00. The molecule has 0 unspecified atom stereocenters. The predicted molar refractivity (Wildman–Crippen MR) is 66.9 cm³/mol. The molecule has 94 valence electrons. The summed E-state index contributed by atoms with van der Waals surface area (Å²) < 4.78 is 0. The van der Waals surface area contributed by atoms with Crippen molar-refractivity contribution in [2.24, 2.45) is 0 Å². The SMILES string of the molecule is C=C1C(=O)NN(c2ccccc2[N+](=O)[O-])C1(C)C. The van der Waals surface area contributed by atoms with Crippen molar-refractivity contribution in [2.75, 3.05) is 5.01 Å². The van der Waals surface area contributed by atoms with Gasteiger partial charge in [0, 0.05) is 11.6 Å². The van der Waals surface area contributed by atoms with Gasteiger partial charge in [-0.3, -0.25) is 25.3 Å². The van der Waals surface area contributed by atoms with E-state index in [1.807, 2.05) is 0 Å². The number of nitro benzene ring substituents is 1. The van der Waals surface area contributed by atoms with Crippen molar-refractivity contribution >= 4 is 17.3 Å². The van der Waals surface area contributed by atoms with Gasteiger partial charge in [-0.2, -0.15) is 0 Å². The Kier molecular flexibility index (Phi) is 2.58. The van der Waals surface area contributed by atoms with E-state index in [2.05, 4.69) is 12.0 Å². The molecular weight excluding hydrogens is 234 g/mol. The highest BCUT2D eigenvalue weighted by atomic mass is 16.6. The molecule has 6 heteroatoms. The maximum absolute atomic E-state index is 11.6. The van der Waals surface area contributed by atoms with Gasteiger partial charge in [-0.1, -0.05) is 18.7 Å². The number of benzene rings is 1. The summed E-state index contributed by atoms with van der Waals surface area (Å²) in [4.78, 5) is 22.2. The minimum Gasteiger partial charge on any atom is -0.268 e. The fourth-order valence-electron chi connectivity index (χ4n) is 1.89. The standard InChI is InChI=1S/C12H13N3O3/c1-8-11(16)13-14(12(8,2)3)9-6-4-5-7-10(9)15(17)18/h4-7H,1H2,2-3H3,(H,13,16). The third-order valence-electron chi connectivity index (χ3n) is 3.10. The average molecular weight is 247 g/mol. The summed E-state index contributed by atoms with van der Waals surface area (Å²) in [5.41, 5.74) is 2.56. The molecule has 1 aliphatic heterocycles. The molecule has 1 heterocycles. The van der Waals surface area contributed by atoms with E-state index in [1.54, 1.807) is 32.0 Å². The van der Waals surface area contributed by atoms with E-state index in [1.165, 1.54) is 11.1 Å². The molecule has 1 aliphatic rings. The number of hydrazine groups is 1. The van der Waals surface area contributed by atoms with Gasteiger partial charge < -0.3 is 0 Å². The minimum absolute atomic E-state index is 0.0550. The number of rotatable bonds is 2. The predicted octanol–water partition coefficient (Wildman–Crippen LogP) is 1.78. The highest BCUT2D eigenvalue weighted by Gasteiger charge is 2.43. The summed E-state index contributed by atoms with van der Waals surface area (Å²) >= 11 is 0. The molecule has 0 radical (unpaired) electrons. The van der Waals surface area contributed by atoms with Crippen LogP contribution in [0.25, 0.3) is 0 Å². The van der Waals surface area contributed by atoms with Crippen LogP contribution in [-0.2, 0) is 4.79 Å². The van der Waals surface area contributed by atoms with Crippen LogP contribution in [0, 0.1) is 10.1 Å². The van der Waals surface area contributed by atoms with Gasteiger partial charge in [0.05, 0.1) is 10.5 Å². The van der Waals surface area contributed by atoms with Gasteiger partial charge in [0.25, 0.3) is 11.6 Å². The molecule has 0 saturated carbocycles. The Morgan fingerprint density at radius 3 is 2.50 bits per heavy atom. The second-order valence-electron chi connectivity index (χ2n) is 4.56. The first-order chi connectivity index (χ1) is 8.35. The first-order valence-corrected chi connectivity index (χ1v) is 5.39. The summed E-state index contributed by atoms with van der Waals surface area (Å²) in [6, 6.07) is 6.27. The van der Waals surface area contributed by atoms with Crippen molar-refractivity contribution in [3.05, 3.63) is 46.5 Å². The fraction of sp³-hybridized carbons (Fsp3) is 0.250. The van der Waals surface area contributed by atoms with Crippen molar-refractivity contribution in [3.8, 4) is 0 Å². The normalized spacial score (nSPS) is 17.8. The quantitative estimate of drug-likeness (QED) is 0.491. The van der Waals surface area contributed by atoms with Gasteiger partial charge in [0.1, 0.15) is 5.69 Å². The van der Waals surface area contributed by atoms with Crippen LogP contribution in [0.2, 0.25) is 0 Å². The molecule has 1 saturated heterocycles. The molecule has 6 nitrogen and oxygen atoms in total. The van der Waals surface area contributed by atoms with Crippen molar-refractivity contribution in [1.82, 2.24) is 5.43 Å². The Labute approximate surface area is 104 Å². The van der Waals surface area contributed by atoms with Crippen LogP contribution in [0.4, 0.5) is 11.4 Å². The van der Waals surface area contributed by atoms with Crippen LogP contribution in [-0.4, -0.2) is 16.4 Å². The van der Waals surface area contributed by atoms with Crippen LogP contribution >= 0.6 is 0 Å². The van der Waals surface area contributed by atoms with Crippen LogP contribution in [0.3, 0.4) is 0 Å². The molecule has 0 bridgehead atoms. The van der Waals surface area contributed by atoms with Gasteiger partial charge in [-0.15, -0.1) is 0 Å². The number of nitrogens with one attached hydrogen (secondary N) is 1. The lowest BCUT2D eigenvalue weighted by Crippen LogP contribution is -2.45. The van der Waals surface area contributed by atoms with Crippen molar-refractivity contribution in [3.63, 3.8) is 0 Å². The number of carbonyl (C=O) groups is 1. The molecule has 1 amide bonds. The molecule has 1 N–H and O–H groups in total. The Balaban J connectivity index is 2.54. The van der Waals surface area contributed by atoms with E-state index < -0.39 is 10.5 Å². The van der Waals surface area contributed by atoms with E-state index >= 15 is 0 Å². The zero-order chi connectivity index (χ0) is 13.5. The summed E-state index contributed by atoms with van der Waals surface area (Å²) in [5.74, 6) is -0.321. The lowest BCUT2D eigenvalue weighted by Gasteiger charge is -2.31. The average Bonchev–Trinajstić information content (AvgIpc) is 2.53. The van der Waals surface area contributed by atoms with Crippen molar-refractivity contribution in [1.29, 1.82) is 0 Å². The summed E-state index contributed by atoms with van der Waals surface area (Å²) in [6.45, 7) is 7.28. The van der Waals surface area contributed by atoms with Crippen molar-refractivity contribution < 1.29 is 9.72 Å². The number of nitrogens with zero attached hydrogens (tertiary/aromatic N) is 2. The number of hydrogen-bond donors (Lipinski definition) is 1. The number of amides is 1. The number of carbonyl (C=O) groups excluding carboxylic acids is 1. The molecule has 0 spiro atoms. The topological polar surface area (TPSA) is 75.5 Å². The Morgan fingerprint density at radius 1 is 1.39 bits per heavy atom. The second-order valence-corrected chi connectivity index (χ2v) is 4.56. The first kappa shape index (κ1) is 12.1. The molecule has 1 fully saturated rings.